The molecule has 0 fully saturated rings. The van der Waals surface area contributed by atoms with Gasteiger partial charge < -0.3 is 13.9 Å². The number of carbonyl (C=O) groups is 2. The summed E-state index contributed by atoms with van der Waals surface area (Å²) in [6.45, 7) is 0.860. The maximum Gasteiger partial charge on any atom is 0.259 e. The van der Waals surface area contributed by atoms with Gasteiger partial charge in [-0.05, 0) is 18.9 Å². The van der Waals surface area contributed by atoms with Gasteiger partial charge in [-0.3, -0.25) is 14.9 Å². The first kappa shape index (κ1) is 14.6. The monoisotopic (exact) mass is 369 g/mol. The molecule has 1 aliphatic carbocycles. The van der Waals surface area contributed by atoms with E-state index >= 15 is 0 Å². The lowest BCUT2D eigenvalue weighted by atomic mass is 9.94. The summed E-state index contributed by atoms with van der Waals surface area (Å²) in [5.74, 6) is -0.612. The molecule has 4 aromatic rings. The van der Waals surface area contributed by atoms with Gasteiger partial charge in [0.05, 0.1) is 27.7 Å². The molecule has 2 aromatic carbocycles. The van der Waals surface area contributed by atoms with Crippen LogP contribution in [0.2, 0.25) is 0 Å². The Morgan fingerprint density at radius 2 is 1.68 bits per heavy atom. The van der Waals surface area contributed by atoms with Crippen molar-refractivity contribution in [3.8, 4) is 0 Å². The quantitative estimate of drug-likeness (QED) is 0.482. The van der Waals surface area contributed by atoms with Crippen LogP contribution in [-0.2, 0) is 24.6 Å². The van der Waals surface area contributed by atoms with Crippen LogP contribution < -0.4 is 5.32 Å². The zero-order valence-electron chi connectivity index (χ0n) is 14.9. The van der Waals surface area contributed by atoms with Gasteiger partial charge in [-0.25, -0.2) is 0 Å². The average molecular weight is 369 g/mol. The molecule has 136 valence electrons. The van der Waals surface area contributed by atoms with Crippen LogP contribution in [0.15, 0.2) is 30.3 Å². The molecule has 2 aliphatic heterocycles. The van der Waals surface area contributed by atoms with Crippen molar-refractivity contribution in [2.24, 2.45) is 0 Å². The number of benzene rings is 2. The number of ether oxygens (including phenoxy) is 1. The number of aromatic nitrogens is 2. The molecule has 28 heavy (non-hydrogen) atoms. The summed E-state index contributed by atoms with van der Waals surface area (Å²) in [6, 6.07) is 8.02. The molecular formula is C22H15N3O3. The lowest BCUT2D eigenvalue weighted by Gasteiger charge is -2.12. The lowest BCUT2D eigenvalue weighted by Crippen LogP contribution is -2.20. The number of imide groups is 1. The van der Waals surface area contributed by atoms with Crippen molar-refractivity contribution >= 4 is 50.6 Å². The maximum absolute atomic E-state index is 12.9. The maximum atomic E-state index is 12.9. The Labute approximate surface area is 159 Å². The molecular weight excluding hydrogens is 354 g/mol. The summed E-state index contributed by atoms with van der Waals surface area (Å²) in [4.78, 5) is 25.7. The van der Waals surface area contributed by atoms with Crippen molar-refractivity contribution in [3.63, 3.8) is 0 Å². The van der Waals surface area contributed by atoms with Gasteiger partial charge in [0, 0.05) is 27.4 Å². The third-order valence-corrected chi connectivity index (χ3v) is 6.31. The first-order valence-electron chi connectivity index (χ1n) is 9.47. The summed E-state index contributed by atoms with van der Waals surface area (Å²) in [5, 5.41) is 5.25. The number of carbonyl (C=O) groups excluding carboxylic acids is 2. The standard InChI is InChI=1S/C22H15N3O3/c26-21-17-15-11-5-1-3-7-13(11)24-9-28-10-25-14-8-4-2-6-12(14)16(20(25)19(15)24)18(17)22(27)23-21/h1-3,5-7H,4,8-10H2,(H,23,26,27). The average Bonchev–Trinajstić information content (AvgIpc) is 3.25. The number of hydrogen-bond acceptors (Lipinski definition) is 3. The zero-order chi connectivity index (χ0) is 18.6. The van der Waals surface area contributed by atoms with Crippen LogP contribution in [0, 0.1) is 0 Å². The number of para-hydroxylation sites is 1. The van der Waals surface area contributed by atoms with Crippen LogP contribution in [0.4, 0.5) is 0 Å². The van der Waals surface area contributed by atoms with E-state index < -0.39 is 0 Å². The lowest BCUT2D eigenvalue weighted by molar-refractivity contribution is 0.0362. The third kappa shape index (κ3) is 1.48. The van der Waals surface area contributed by atoms with E-state index in [4.69, 9.17) is 4.74 Å². The summed E-state index contributed by atoms with van der Waals surface area (Å²) in [6.07, 6.45) is 6.09. The predicted molar refractivity (Wildman–Crippen MR) is 105 cm³/mol. The second-order valence-corrected chi connectivity index (χ2v) is 7.62. The summed E-state index contributed by atoms with van der Waals surface area (Å²) >= 11 is 0. The molecule has 2 amide bonds. The molecule has 6 heteroatoms. The van der Waals surface area contributed by atoms with E-state index in [1.54, 1.807) is 0 Å². The van der Waals surface area contributed by atoms with E-state index in [1.807, 2.05) is 24.3 Å². The third-order valence-electron chi connectivity index (χ3n) is 6.31. The Kier molecular flexibility index (Phi) is 2.47. The first-order chi connectivity index (χ1) is 13.8. The molecule has 0 radical (unpaired) electrons. The minimum absolute atomic E-state index is 0.303. The number of amides is 2. The molecule has 0 spiro atoms. The van der Waals surface area contributed by atoms with E-state index in [-0.39, 0.29) is 11.8 Å². The van der Waals surface area contributed by atoms with Gasteiger partial charge in [0.2, 0.25) is 0 Å². The number of nitrogens with zero attached hydrogens (tertiary/aromatic N) is 2. The molecule has 0 bridgehead atoms. The zero-order valence-corrected chi connectivity index (χ0v) is 14.9. The van der Waals surface area contributed by atoms with Crippen molar-refractivity contribution in [1.82, 2.24) is 14.5 Å². The van der Waals surface area contributed by atoms with Crippen LogP contribution in [0.3, 0.4) is 0 Å². The molecule has 7 rings (SSSR count). The van der Waals surface area contributed by atoms with E-state index in [9.17, 15) is 9.59 Å². The van der Waals surface area contributed by atoms with Gasteiger partial charge >= 0.3 is 0 Å². The summed E-state index contributed by atoms with van der Waals surface area (Å²) in [5.41, 5.74) is 6.25. The van der Waals surface area contributed by atoms with Gasteiger partial charge in [-0.15, -0.1) is 0 Å². The minimum atomic E-state index is -0.309. The molecule has 6 nitrogen and oxygen atoms in total. The SMILES string of the molecule is O=C1NC(=O)c2c1c1c3c(n4c1c1c2c2ccccc2n1COC4)CCC=C3. The van der Waals surface area contributed by atoms with Crippen LogP contribution in [0.1, 0.15) is 38.4 Å². The Balaban J connectivity index is 1.90. The van der Waals surface area contributed by atoms with E-state index in [2.05, 4.69) is 26.6 Å². The van der Waals surface area contributed by atoms with Crippen molar-refractivity contribution < 1.29 is 14.3 Å². The second-order valence-electron chi connectivity index (χ2n) is 7.62. The molecule has 0 saturated carbocycles. The molecule has 3 aliphatic rings. The Morgan fingerprint density at radius 1 is 0.929 bits per heavy atom. The fraction of sp³-hybridized carbons (Fsp3) is 0.182. The number of hydrogen-bond donors (Lipinski definition) is 1. The highest BCUT2D eigenvalue weighted by molar-refractivity contribution is 6.37. The fourth-order valence-electron chi connectivity index (χ4n) is 5.29. The van der Waals surface area contributed by atoms with Crippen LogP contribution in [-0.4, -0.2) is 20.9 Å². The molecule has 0 saturated heterocycles. The smallest absolute Gasteiger partial charge is 0.259 e. The largest absolute Gasteiger partial charge is 0.340 e. The van der Waals surface area contributed by atoms with Gasteiger partial charge in [0.1, 0.15) is 13.5 Å². The topological polar surface area (TPSA) is 65.3 Å². The van der Waals surface area contributed by atoms with Crippen LogP contribution in [0.5, 0.6) is 0 Å². The number of allylic oxidation sites excluding steroid dienone is 1. The van der Waals surface area contributed by atoms with Crippen molar-refractivity contribution in [1.29, 1.82) is 0 Å². The molecule has 4 heterocycles. The van der Waals surface area contributed by atoms with E-state index in [0.717, 1.165) is 51.1 Å². The van der Waals surface area contributed by atoms with Gasteiger partial charge in [-0.2, -0.15) is 0 Å². The predicted octanol–water partition coefficient (Wildman–Crippen LogP) is 3.54. The molecule has 2 aromatic heterocycles. The number of fused-ring (bicyclic) bond motifs is 9. The second kappa shape index (κ2) is 4.72. The van der Waals surface area contributed by atoms with Crippen molar-refractivity contribution in [2.45, 2.75) is 26.3 Å². The van der Waals surface area contributed by atoms with Gasteiger partial charge in [0.25, 0.3) is 11.8 Å². The van der Waals surface area contributed by atoms with E-state index in [1.165, 1.54) is 5.69 Å². The fourth-order valence-corrected chi connectivity index (χ4v) is 5.29. The molecule has 0 unspecified atom stereocenters. The van der Waals surface area contributed by atoms with Crippen LogP contribution in [0.25, 0.3) is 38.8 Å². The Bertz CT molecular complexity index is 1450. The molecule has 1 N–H and O–H groups in total. The van der Waals surface area contributed by atoms with E-state index in [0.29, 0.717) is 24.6 Å². The van der Waals surface area contributed by atoms with Crippen molar-refractivity contribution in [3.05, 3.63) is 52.7 Å². The first-order valence-corrected chi connectivity index (χ1v) is 9.47. The van der Waals surface area contributed by atoms with Crippen LogP contribution >= 0.6 is 0 Å². The van der Waals surface area contributed by atoms with Gasteiger partial charge in [0.15, 0.2) is 0 Å². The highest BCUT2D eigenvalue weighted by Crippen LogP contribution is 2.46. The highest BCUT2D eigenvalue weighted by atomic mass is 16.5. The molecule has 0 atom stereocenters. The normalized spacial score (nSPS) is 17.6. The number of rotatable bonds is 0. The number of nitrogens with one attached hydrogen (secondary N) is 1. The van der Waals surface area contributed by atoms with Gasteiger partial charge in [-0.1, -0.05) is 30.4 Å². The minimum Gasteiger partial charge on any atom is -0.340 e. The van der Waals surface area contributed by atoms with Crippen molar-refractivity contribution in [2.75, 3.05) is 0 Å². The Hall–Kier alpha value is -3.38. The summed E-state index contributed by atoms with van der Waals surface area (Å²) < 4.78 is 10.4. The Morgan fingerprint density at radius 3 is 2.57 bits per heavy atom. The summed E-state index contributed by atoms with van der Waals surface area (Å²) in [7, 11) is 0. The highest BCUT2D eigenvalue weighted by Gasteiger charge is 2.38.